The molecule has 0 atom stereocenters. The standard InChI is InChI=1S/C24H21ClN4O2/c1-29-22(27-24(31)18-8-5-9-19(25)14-18)15-21(28-29)16-10-12-20(13-11-16)26-23(30)17-6-3-2-4-7-17/h3,5-15H,2,4H2,1H3,(H,26,30)(H,27,31). The normalized spacial score (nSPS) is 12.9. The molecular weight excluding hydrogens is 412 g/mol. The van der Waals surface area contributed by atoms with Gasteiger partial charge in [-0.1, -0.05) is 48.0 Å². The van der Waals surface area contributed by atoms with Crippen LogP contribution in [0, 0.1) is 0 Å². The molecule has 0 saturated carbocycles. The van der Waals surface area contributed by atoms with Crippen LogP contribution in [0.5, 0.6) is 0 Å². The topological polar surface area (TPSA) is 76.0 Å². The van der Waals surface area contributed by atoms with Gasteiger partial charge in [0, 0.05) is 40.5 Å². The summed E-state index contributed by atoms with van der Waals surface area (Å²) in [5.74, 6) is 0.183. The van der Waals surface area contributed by atoms with E-state index in [9.17, 15) is 9.59 Å². The average Bonchev–Trinajstić information content (AvgIpc) is 3.15. The fraction of sp³-hybridized carbons (Fsp3) is 0.125. The number of halogens is 1. The van der Waals surface area contributed by atoms with Crippen molar-refractivity contribution in [3.63, 3.8) is 0 Å². The van der Waals surface area contributed by atoms with Crippen LogP contribution in [0.1, 0.15) is 23.2 Å². The molecule has 7 heteroatoms. The van der Waals surface area contributed by atoms with Gasteiger partial charge in [0.2, 0.25) is 0 Å². The number of allylic oxidation sites excluding steroid dienone is 2. The molecule has 156 valence electrons. The van der Waals surface area contributed by atoms with E-state index in [1.165, 1.54) is 0 Å². The minimum Gasteiger partial charge on any atom is -0.322 e. The lowest BCUT2D eigenvalue weighted by Gasteiger charge is -2.08. The Morgan fingerprint density at radius 1 is 1.00 bits per heavy atom. The van der Waals surface area contributed by atoms with Crippen molar-refractivity contribution in [1.29, 1.82) is 0 Å². The molecule has 0 fully saturated rings. The molecular formula is C24H21ClN4O2. The van der Waals surface area contributed by atoms with E-state index < -0.39 is 0 Å². The number of nitrogens with one attached hydrogen (secondary N) is 2. The molecule has 1 heterocycles. The Labute approximate surface area is 185 Å². The van der Waals surface area contributed by atoms with E-state index >= 15 is 0 Å². The maximum atomic E-state index is 12.5. The number of anilines is 2. The number of aromatic nitrogens is 2. The number of amides is 2. The van der Waals surface area contributed by atoms with Gasteiger partial charge >= 0.3 is 0 Å². The average molecular weight is 433 g/mol. The summed E-state index contributed by atoms with van der Waals surface area (Å²) in [6, 6.07) is 16.0. The number of rotatable bonds is 5. The number of nitrogens with zero attached hydrogens (tertiary/aromatic N) is 2. The predicted octanol–water partition coefficient (Wildman–Crippen LogP) is 5.21. The summed E-state index contributed by atoms with van der Waals surface area (Å²) in [7, 11) is 1.76. The molecule has 0 aliphatic heterocycles. The highest BCUT2D eigenvalue weighted by Crippen LogP contribution is 2.24. The molecule has 1 aromatic heterocycles. The lowest BCUT2D eigenvalue weighted by molar-refractivity contribution is -0.112. The van der Waals surface area contributed by atoms with E-state index in [1.807, 2.05) is 42.5 Å². The first-order valence-electron chi connectivity index (χ1n) is 9.89. The Morgan fingerprint density at radius 2 is 1.81 bits per heavy atom. The molecule has 1 aliphatic carbocycles. The minimum atomic E-state index is -0.263. The van der Waals surface area contributed by atoms with Crippen LogP contribution in [0.2, 0.25) is 5.02 Å². The van der Waals surface area contributed by atoms with Gasteiger partial charge in [0.15, 0.2) is 0 Å². The highest BCUT2D eigenvalue weighted by atomic mass is 35.5. The van der Waals surface area contributed by atoms with Gasteiger partial charge in [-0.15, -0.1) is 0 Å². The van der Waals surface area contributed by atoms with Crippen LogP contribution in [-0.4, -0.2) is 21.6 Å². The van der Waals surface area contributed by atoms with Gasteiger partial charge in [-0.2, -0.15) is 5.10 Å². The van der Waals surface area contributed by atoms with Crippen LogP contribution in [0.4, 0.5) is 11.5 Å². The fourth-order valence-corrected chi connectivity index (χ4v) is 3.44. The largest absolute Gasteiger partial charge is 0.322 e. The van der Waals surface area contributed by atoms with E-state index in [0.29, 0.717) is 33.4 Å². The van der Waals surface area contributed by atoms with E-state index in [4.69, 9.17) is 11.6 Å². The van der Waals surface area contributed by atoms with Crippen molar-refractivity contribution in [2.75, 3.05) is 10.6 Å². The summed E-state index contributed by atoms with van der Waals surface area (Å²) in [5.41, 5.74) is 3.44. The molecule has 0 unspecified atom stereocenters. The second kappa shape index (κ2) is 9.02. The molecule has 6 nitrogen and oxygen atoms in total. The van der Waals surface area contributed by atoms with Crippen LogP contribution in [0.3, 0.4) is 0 Å². The second-order valence-corrected chi connectivity index (χ2v) is 7.61. The zero-order chi connectivity index (χ0) is 21.8. The summed E-state index contributed by atoms with van der Waals surface area (Å²) in [4.78, 5) is 24.8. The van der Waals surface area contributed by atoms with Crippen LogP contribution in [0.15, 0.2) is 78.4 Å². The summed E-state index contributed by atoms with van der Waals surface area (Å²) in [6.45, 7) is 0. The molecule has 0 saturated heterocycles. The van der Waals surface area contributed by atoms with Crippen LogP contribution in [0.25, 0.3) is 11.3 Å². The molecule has 0 bridgehead atoms. The molecule has 0 radical (unpaired) electrons. The highest BCUT2D eigenvalue weighted by molar-refractivity contribution is 6.31. The van der Waals surface area contributed by atoms with Gasteiger partial charge in [-0.3, -0.25) is 14.3 Å². The molecule has 4 rings (SSSR count). The third-order valence-corrected chi connectivity index (χ3v) is 5.14. The van der Waals surface area contributed by atoms with E-state index in [1.54, 1.807) is 42.1 Å². The molecule has 0 spiro atoms. The van der Waals surface area contributed by atoms with Gasteiger partial charge in [0.25, 0.3) is 11.8 Å². The zero-order valence-corrected chi connectivity index (χ0v) is 17.7. The molecule has 1 aliphatic rings. The van der Waals surface area contributed by atoms with E-state index in [-0.39, 0.29) is 11.8 Å². The van der Waals surface area contributed by atoms with Crippen LogP contribution < -0.4 is 10.6 Å². The van der Waals surface area contributed by atoms with E-state index in [0.717, 1.165) is 18.4 Å². The first-order chi connectivity index (χ1) is 15.0. The monoisotopic (exact) mass is 432 g/mol. The Hall–Kier alpha value is -3.64. The second-order valence-electron chi connectivity index (χ2n) is 7.17. The number of benzene rings is 2. The lowest BCUT2D eigenvalue weighted by atomic mass is 10.1. The summed E-state index contributed by atoms with van der Waals surface area (Å²) in [6.07, 6.45) is 7.64. The SMILES string of the molecule is Cn1nc(-c2ccc(NC(=O)C3=CCCC=C3)cc2)cc1NC(=O)c1cccc(Cl)c1. The molecule has 2 amide bonds. The zero-order valence-electron chi connectivity index (χ0n) is 16.9. The predicted molar refractivity (Wildman–Crippen MR) is 123 cm³/mol. The van der Waals surface area contributed by atoms with Crippen molar-refractivity contribution >= 4 is 34.9 Å². The third-order valence-electron chi connectivity index (χ3n) is 4.90. The van der Waals surface area contributed by atoms with Gasteiger partial charge in [-0.05, 0) is 43.2 Å². The number of hydrogen-bond donors (Lipinski definition) is 2. The first-order valence-corrected chi connectivity index (χ1v) is 10.3. The molecule has 2 aromatic carbocycles. The van der Waals surface area contributed by atoms with E-state index in [2.05, 4.69) is 15.7 Å². The van der Waals surface area contributed by atoms with Crippen molar-refractivity contribution in [2.24, 2.45) is 7.05 Å². The third kappa shape index (κ3) is 4.92. The van der Waals surface area contributed by atoms with Gasteiger partial charge in [0.1, 0.15) is 5.82 Å². The highest BCUT2D eigenvalue weighted by Gasteiger charge is 2.13. The first kappa shape index (κ1) is 20.6. The van der Waals surface area contributed by atoms with Crippen LogP contribution in [-0.2, 0) is 11.8 Å². The maximum absolute atomic E-state index is 12.5. The molecule has 31 heavy (non-hydrogen) atoms. The Bertz CT molecular complexity index is 1190. The molecule has 3 aromatic rings. The summed E-state index contributed by atoms with van der Waals surface area (Å²) >= 11 is 5.97. The van der Waals surface area contributed by atoms with Crippen molar-refractivity contribution in [2.45, 2.75) is 12.8 Å². The number of aryl methyl sites for hydroxylation is 1. The Kier molecular flexibility index (Phi) is 6.00. The van der Waals surface area contributed by atoms with Gasteiger partial charge in [-0.25, -0.2) is 0 Å². The summed E-state index contributed by atoms with van der Waals surface area (Å²) < 4.78 is 1.61. The van der Waals surface area contributed by atoms with Gasteiger partial charge < -0.3 is 10.6 Å². The van der Waals surface area contributed by atoms with Crippen molar-refractivity contribution in [3.8, 4) is 11.3 Å². The Morgan fingerprint density at radius 3 is 2.52 bits per heavy atom. The molecule has 2 N–H and O–H groups in total. The minimum absolute atomic E-state index is 0.118. The van der Waals surface area contributed by atoms with Crippen molar-refractivity contribution in [3.05, 3.63) is 89.0 Å². The number of carbonyl (C=O) groups is 2. The fourth-order valence-electron chi connectivity index (χ4n) is 3.25. The smallest absolute Gasteiger partial charge is 0.256 e. The summed E-state index contributed by atoms with van der Waals surface area (Å²) in [5, 5.41) is 10.7. The van der Waals surface area contributed by atoms with Gasteiger partial charge in [0.05, 0.1) is 5.69 Å². The number of carbonyl (C=O) groups excluding carboxylic acids is 2. The lowest BCUT2D eigenvalue weighted by Crippen LogP contribution is -2.14. The number of hydrogen-bond acceptors (Lipinski definition) is 3. The quantitative estimate of drug-likeness (QED) is 0.581. The van der Waals surface area contributed by atoms with Crippen LogP contribution >= 0.6 is 11.6 Å². The Balaban J connectivity index is 1.45. The van der Waals surface area contributed by atoms with Crippen molar-refractivity contribution < 1.29 is 9.59 Å². The maximum Gasteiger partial charge on any atom is 0.256 e. The van der Waals surface area contributed by atoms with Crippen molar-refractivity contribution in [1.82, 2.24) is 9.78 Å².